The number of aliphatic imine (C=N–C) groups is 1. The molecule has 0 saturated carbocycles. The lowest BCUT2D eigenvalue weighted by atomic mass is 10.1. The topological polar surface area (TPSA) is 84.0 Å². The quantitative estimate of drug-likeness (QED) is 0.213. The molecule has 0 unspecified atom stereocenters. The predicted octanol–water partition coefficient (Wildman–Crippen LogP) is 2.30. The highest BCUT2D eigenvalue weighted by atomic mass is 127. The van der Waals surface area contributed by atoms with Crippen molar-refractivity contribution in [2.45, 2.75) is 39.8 Å². The van der Waals surface area contributed by atoms with Gasteiger partial charge < -0.3 is 25.4 Å². The molecule has 0 aliphatic rings. The molecule has 0 radical (unpaired) electrons. The molecule has 0 heterocycles. The fourth-order valence-corrected chi connectivity index (χ4v) is 2.07. The number of hydrogen-bond acceptors (Lipinski definition) is 4. The summed E-state index contributed by atoms with van der Waals surface area (Å²) in [6, 6.07) is 7.78. The number of carbonyl (C=O) groups is 1. The summed E-state index contributed by atoms with van der Waals surface area (Å²) in [6.45, 7) is 10.3. The van der Waals surface area contributed by atoms with E-state index in [1.165, 1.54) is 0 Å². The van der Waals surface area contributed by atoms with Crippen LogP contribution in [0.5, 0.6) is 5.75 Å². The van der Waals surface area contributed by atoms with Crippen molar-refractivity contribution in [2.24, 2.45) is 4.99 Å². The Morgan fingerprint density at radius 2 is 1.78 bits per heavy atom. The summed E-state index contributed by atoms with van der Waals surface area (Å²) >= 11 is 0. The number of ether oxygens (including phenoxy) is 2. The minimum Gasteiger partial charge on any atom is -0.491 e. The van der Waals surface area contributed by atoms with Crippen LogP contribution in [0.3, 0.4) is 0 Å². The van der Waals surface area contributed by atoms with Gasteiger partial charge in [0.25, 0.3) is 0 Å². The van der Waals surface area contributed by atoms with Crippen LogP contribution >= 0.6 is 24.0 Å². The first-order valence-corrected chi connectivity index (χ1v) is 8.88. The Hall–Kier alpha value is -1.55. The summed E-state index contributed by atoms with van der Waals surface area (Å²) in [5.41, 5.74) is 0.807. The molecule has 1 aromatic carbocycles. The van der Waals surface area contributed by atoms with Gasteiger partial charge in [-0.3, -0.25) is 4.79 Å². The minimum absolute atomic E-state index is 0. The first-order chi connectivity index (χ1) is 12.3. The Morgan fingerprint density at radius 1 is 1.11 bits per heavy atom. The first kappa shape index (κ1) is 25.4. The Balaban J connectivity index is 0.00000676. The smallest absolute Gasteiger partial charge is 0.239 e. The fraction of sp³-hybridized carbons (Fsp3) is 0.579. The monoisotopic (exact) mass is 492 g/mol. The predicted molar refractivity (Wildman–Crippen MR) is 120 cm³/mol. The second kappa shape index (κ2) is 13.6. The summed E-state index contributed by atoms with van der Waals surface area (Å²) in [5.74, 6) is 1.34. The molecular formula is C19H33IN4O3. The molecule has 1 amide bonds. The minimum atomic E-state index is -0.249. The average molecular weight is 492 g/mol. The maximum atomic E-state index is 11.9. The molecular weight excluding hydrogens is 459 g/mol. The van der Waals surface area contributed by atoms with Gasteiger partial charge in [0.05, 0.1) is 19.7 Å². The molecule has 0 bridgehead atoms. The molecule has 0 saturated heterocycles. The largest absolute Gasteiger partial charge is 0.491 e. The summed E-state index contributed by atoms with van der Waals surface area (Å²) in [5, 5.41) is 9.09. The van der Waals surface area contributed by atoms with Gasteiger partial charge in [-0.2, -0.15) is 0 Å². The summed E-state index contributed by atoms with van der Waals surface area (Å²) < 4.78 is 10.5. The van der Waals surface area contributed by atoms with Crippen molar-refractivity contribution in [3.8, 4) is 5.75 Å². The van der Waals surface area contributed by atoms with Crippen LogP contribution in [0.25, 0.3) is 0 Å². The number of amides is 1. The van der Waals surface area contributed by atoms with Crippen LogP contribution < -0.4 is 20.7 Å². The number of guanidine groups is 1. The Morgan fingerprint density at radius 3 is 2.33 bits per heavy atom. The fourth-order valence-electron chi connectivity index (χ4n) is 2.07. The molecule has 7 nitrogen and oxygen atoms in total. The van der Waals surface area contributed by atoms with E-state index in [1.54, 1.807) is 7.11 Å². The first-order valence-electron chi connectivity index (χ1n) is 8.88. The number of nitrogens with zero attached hydrogens (tertiary/aromatic N) is 1. The standard InChI is InChI=1S/C19H32N4O3.HI/c1-6-20-18(22-14-17(24)23-19(2,3)4)21-13-15-7-9-16(10-8-15)26-12-11-25-5;/h7-10H,6,11-14H2,1-5H3,(H,23,24)(H2,20,21,22);1H. The van der Waals surface area contributed by atoms with Crippen molar-refractivity contribution >= 4 is 35.8 Å². The van der Waals surface area contributed by atoms with Gasteiger partial charge in [-0.25, -0.2) is 4.99 Å². The highest BCUT2D eigenvalue weighted by molar-refractivity contribution is 14.0. The van der Waals surface area contributed by atoms with E-state index >= 15 is 0 Å². The lowest BCUT2D eigenvalue weighted by Gasteiger charge is -2.21. The van der Waals surface area contributed by atoms with Crippen LogP contribution in [-0.4, -0.2) is 50.8 Å². The third-order valence-electron chi connectivity index (χ3n) is 3.17. The normalized spacial score (nSPS) is 11.4. The van der Waals surface area contributed by atoms with Gasteiger partial charge in [-0.15, -0.1) is 24.0 Å². The van der Waals surface area contributed by atoms with Crippen LogP contribution in [0.15, 0.2) is 29.3 Å². The highest BCUT2D eigenvalue weighted by Gasteiger charge is 2.13. The molecule has 27 heavy (non-hydrogen) atoms. The Kier molecular flexibility index (Phi) is 12.8. The second-order valence-electron chi connectivity index (χ2n) is 6.83. The number of benzene rings is 1. The third-order valence-corrected chi connectivity index (χ3v) is 3.17. The third kappa shape index (κ3) is 12.5. The highest BCUT2D eigenvalue weighted by Crippen LogP contribution is 2.12. The van der Waals surface area contributed by atoms with Gasteiger partial charge in [-0.1, -0.05) is 12.1 Å². The molecule has 3 N–H and O–H groups in total. The van der Waals surface area contributed by atoms with Gasteiger partial charge in [0.1, 0.15) is 12.4 Å². The van der Waals surface area contributed by atoms with Crippen molar-refractivity contribution in [3.05, 3.63) is 29.8 Å². The zero-order valence-corrected chi connectivity index (χ0v) is 19.3. The van der Waals surface area contributed by atoms with Crippen molar-refractivity contribution in [1.82, 2.24) is 16.0 Å². The maximum absolute atomic E-state index is 11.9. The molecule has 154 valence electrons. The number of carbonyl (C=O) groups excluding carboxylic acids is 1. The maximum Gasteiger partial charge on any atom is 0.239 e. The summed E-state index contributed by atoms with van der Waals surface area (Å²) in [7, 11) is 1.65. The van der Waals surface area contributed by atoms with Crippen molar-refractivity contribution < 1.29 is 14.3 Å². The van der Waals surface area contributed by atoms with Gasteiger partial charge in [0.15, 0.2) is 5.96 Å². The number of rotatable bonds is 9. The summed E-state index contributed by atoms with van der Waals surface area (Å²) in [4.78, 5) is 16.4. The summed E-state index contributed by atoms with van der Waals surface area (Å²) in [6.07, 6.45) is 0. The molecule has 0 atom stereocenters. The van der Waals surface area contributed by atoms with Crippen molar-refractivity contribution in [1.29, 1.82) is 0 Å². The molecule has 8 heteroatoms. The van der Waals surface area contributed by atoms with Gasteiger partial charge in [-0.05, 0) is 45.4 Å². The van der Waals surface area contributed by atoms with Gasteiger partial charge in [0.2, 0.25) is 5.91 Å². The molecule has 0 fully saturated rings. The van der Waals surface area contributed by atoms with Crippen LogP contribution in [0, 0.1) is 0 Å². The lowest BCUT2D eigenvalue weighted by Crippen LogP contribution is -2.48. The molecule has 1 rings (SSSR count). The van der Waals surface area contributed by atoms with E-state index in [1.807, 2.05) is 52.0 Å². The van der Waals surface area contributed by atoms with E-state index in [4.69, 9.17) is 9.47 Å². The average Bonchev–Trinajstić information content (AvgIpc) is 2.57. The molecule has 0 aromatic heterocycles. The molecule has 0 spiro atoms. The van der Waals surface area contributed by atoms with Crippen LogP contribution in [0.1, 0.15) is 33.3 Å². The number of halogens is 1. The Labute approximate surface area is 179 Å². The number of nitrogens with one attached hydrogen (secondary N) is 3. The van der Waals surface area contributed by atoms with Gasteiger partial charge >= 0.3 is 0 Å². The number of methoxy groups -OCH3 is 1. The molecule has 1 aromatic rings. The van der Waals surface area contributed by atoms with E-state index in [9.17, 15) is 4.79 Å². The van der Waals surface area contributed by atoms with E-state index in [2.05, 4.69) is 20.9 Å². The SMILES string of the molecule is CCNC(=NCc1ccc(OCCOC)cc1)NCC(=O)NC(C)(C)C.I. The Bertz CT molecular complexity index is 571. The van der Waals surface area contributed by atoms with Crippen molar-refractivity contribution in [2.75, 3.05) is 33.4 Å². The van der Waals surface area contributed by atoms with Crippen LogP contribution in [0.4, 0.5) is 0 Å². The van der Waals surface area contributed by atoms with Crippen molar-refractivity contribution in [3.63, 3.8) is 0 Å². The van der Waals surface area contributed by atoms with E-state index in [0.717, 1.165) is 17.9 Å². The van der Waals surface area contributed by atoms with Gasteiger partial charge in [0, 0.05) is 19.2 Å². The van der Waals surface area contributed by atoms with Crippen LogP contribution in [-0.2, 0) is 16.1 Å². The lowest BCUT2D eigenvalue weighted by molar-refractivity contribution is -0.121. The van der Waals surface area contributed by atoms with E-state index in [-0.39, 0.29) is 42.0 Å². The zero-order chi connectivity index (χ0) is 19.4. The zero-order valence-electron chi connectivity index (χ0n) is 16.9. The molecule has 0 aliphatic heterocycles. The number of hydrogen-bond donors (Lipinski definition) is 3. The van der Waals surface area contributed by atoms with E-state index < -0.39 is 0 Å². The molecule has 0 aliphatic carbocycles. The second-order valence-corrected chi connectivity index (χ2v) is 6.83. The van der Waals surface area contributed by atoms with Crippen LogP contribution in [0.2, 0.25) is 0 Å². The van der Waals surface area contributed by atoms with E-state index in [0.29, 0.717) is 25.7 Å².